The molecular formula is C9H10BrNO. The van der Waals surface area contributed by atoms with Crippen LogP contribution in [0.15, 0.2) is 15.3 Å². The second-order valence-corrected chi connectivity index (χ2v) is 4.04. The molecule has 1 aromatic rings. The number of aryl methyl sites for hydroxylation is 1. The zero-order valence-electron chi connectivity index (χ0n) is 6.93. The van der Waals surface area contributed by atoms with E-state index in [2.05, 4.69) is 15.9 Å². The maximum Gasteiger partial charge on any atom is 0.253 e. The fraction of sp³-hybridized carbons (Fsp3) is 0.444. The Morgan fingerprint density at radius 2 is 2.33 bits per heavy atom. The fourth-order valence-corrected chi connectivity index (χ4v) is 2.45. The highest BCUT2D eigenvalue weighted by molar-refractivity contribution is 9.10. The van der Waals surface area contributed by atoms with Crippen LogP contribution in [0.1, 0.15) is 17.7 Å². The Balaban J connectivity index is 2.78. The molecule has 0 aromatic carbocycles. The molecule has 0 N–H and O–H groups in total. The summed E-state index contributed by atoms with van der Waals surface area (Å²) in [4.78, 5) is 11.6. The van der Waals surface area contributed by atoms with Gasteiger partial charge in [0.1, 0.15) is 0 Å². The Kier molecular flexibility index (Phi) is 1.83. The van der Waals surface area contributed by atoms with E-state index in [0.717, 1.165) is 35.1 Å². The number of aromatic nitrogens is 1. The summed E-state index contributed by atoms with van der Waals surface area (Å²) in [6.45, 7) is 2.74. The molecule has 12 heavy (non-hydrogen) atoms. The molecule has 1 aliphatic heterocycles. The molecular weight excluding hydrogens is 218 g/mol. The lowest BCUT2D eigenvalue weighted by Crippen LogP contribution is -2.21. The number of pyridine rings is 1. The minimum absolute atomic E-state index is 0.172. The van der Waals surface area contributed by atoms with E-state index < -0.39 is 0 Å². The molecule has 0 radical (unpaired) electrons. The first kappa shape index (κ1) is 8.05. The number of rotatable bonds is 0. The monoisotopic (exact) mass is 227 g/mol. The lowest BCUT2D eigenvalue weighted by molar-refractivity contribution is 0.715. The van der Waals surface area contributed by atoms with Gasteiger partial charge in [-0.3, -0.25) is 4.79 Å². The molecule has 0 fully saturated rings. The van der Waals surface area contributed by atoms with Crippen molar-refractivity contribution in [3.05, 3.63) is 32.2 Å². The van der Waals surface area contributed by atoms with Crippen LogP contribution in [0, 0.1) is 6.92 Å². The summed E-state index contributed by atoms with van der Waals surface area (Å²) in [6.07, 6.45) is 2.12. The summed E-state index contributed by atoms with van der Waals surface area (Å²) in [6, 6.07) is 1.92. The molecule has 64 valence electrons. The predicted octanol–water partition coefficient (Wildman–Crippen LogP) is 1.87. The number of halogens is 1. The van der Waals surface area contributed by atoms with Crippen molar-refractivity contribution in [2.45, 2.75) is 26.3 Å². The van der Waals surface area contributed by atoms with Gasteiger partial charge in [0.25, 0.3) is 5.56 Å². The van der Waals surface area contributed by atoms with Crippen molar-refractivity contribution in [2.24, 2.45) is 0 Å². The average Bonchev–Trinajstić information content (AvgIpc) is 2.48. The summed E-state index contributed by atoms with van der Waals surface area (Å²) >= 11 is 3.47. The van der Waals surface area contributed by atoms with E-state index in [4.69, 9.17) is 0 Å². The topological polar surface area (TPSA) is 22.0 Å². The van der Waals surface area contributed by atoms with Crippen molar-refractivity contribution in [1.29, 1.82) is 0 Å². The maximum absolute atomic E-state index is 11.6. The number of hydrogen-bond donors (Lipinski definition) is 0. The largest absolute Gasteiger partial charge is 0.311 e. The van der Waals surface area contributed by atoms with Crippen LogP contribution in [0.25, 0.3) is 0 Å². The van der Waals surface area contributed by atoms with Crippen molar-refractivity contribution < 1.29 is 0 Å². The van der Waals surface area contributed by atoms with Crippen LogP contribution in [0.3, 0.4) is 0 Å². The Bertz CT molecular complexity index is 381. The van der Waals surface area contributed by atoms with Crippen LogP contribution in [-0.4, -0.2) is 4.57 Å². The molecule has 0 unspecified atom stereocenters. The predicted molar refractivity (Wildman–Crippen MR) is 51.5 cm³/mol. The van der Waals surface area contributed by atoms with E-state index in [0.29, 0.717) is 0 Å². The molecule has 2 heterocycles. The lowest BCUT2D eigenvalue weighted by atomic mass is 10.2. The van der Waals surface area contributed by atoms with Crippen molar-refractivity contribution >= 4 is 15.9 Å². The standard InChI is InChI=1S/C9H10BrNO/c1-6-5-7(10)8-3-2-4-11(8)9(6)12/h5H,2-4H2,1H3. The third-order valence-electron chi connectivity index (χ3n) is 2.32. The molecule has 0 aliphatic carbocycles. The van der Waals surface area contributed by atoms with Crippen molar-refractivity contribution in [3.63, 3.8) is 0 Å². The van der Waals surface area contributed by atoms with Crippen LogP contribution in [0.4, 0.5) is 0 Å². The smallest absolute Gasteiger partial charge is 0.253 e. The Morgan fingerprint density at radius 3 is 3.08 bits per heavy atom. The minimum atomic E-state index is 0.172. The van der Waals surface area contributed by atoms with Crippen molar-refractivity contribution in [2.75, 3.05) is 0 Å². The summed E-state index contributed by atoms with van der Waals surface area (Å²) in [5.74, 6) is 0. The normalized spacial score (nSPS) is 14.8. The Morgan fingerprint density at radius 1 is 1.58 bits per heavy atom. The van der Waals surface area contributed by atoms with Gasteiger partial charge in [0.15, 0.2) is 0 Å². The first-order valence-electron chi connectivity index (χ1n) is 4.09. The molecule has 1 aliphatic rings. The SMILES string of the molecule is Cc1cc(Br)c2n(c1=O)CCC2. The van der Waals surface area contributed by atoms with Gasteiger partial charge < -0.3 is 4.57 Å². The van der Waals surface area contributed by atoms with Crippen LogP contribution in [0.5, 0.6) is 0 Å². The van der Waals surface area contributed by atoms with Gasteiger partial charge in [0.05, 0.1) is 0 Å². The molecule has 0 saturated heterocycles. The highest BCUT2D eigenvalue weighted by atomic mass is 79.9. The molecule has 0 amide bonds. The van der Waals surface area contributed by atoms with Gasteiger partial charge in [-0.2, -0.15) is 0 Å². The van der Waals surface area contributed by atoms with Gasteiger partial charge in [-0.05, 0) is 41.8 Å². The van der Waals surface area contributed by atoms with Crippen molar-refractivity contribution in [3.8, 4) is 0 Å². The number of fused-ring (bicyclic) bond motifs is 1. The van der Waals surface area contributed by atoms with Crippen LogP contribution >= 0.6 is 15.9 Å². The summed E-state index contributed by atoms with van der Waals surface area (Å²) in [5.41, 5.74) is 2.16. The second kappa shape index (κ2) is 2.73. The molecule has 3 heteroatoms. The Hall–Kier alpha value is -0.570. The van der Waals surface area contributed by atoms with E-state index in [1.54, 1.807) is 0 Å². The fourth-order valence-electron chi connectivity index (χ4n) is 1.70. The van der Waals surface area contributed by atoms with Crippen LogP contribution < -0.4 is 5.56 Å². The Labute approximate surface area is 79.3 Å². The zero-order valence-corrected chi connectivity index (χ0v) is 8.52. The van der Waals surface area contributed by atoms with E-state index in [-0.39, 0.29) is 5.56 Å². The minimum Gasteiger partial charge on any atom is -0.311 e. The van der Waals surface area contributed by atoms with Crippen LogP contribution in [0.2, 0.25) is 0 Å². The third kappa shape index (κ3) is 1.04. The first-order valence-corrected chi connectivity index (χ1v) is 4.88. The van der Waals surface area contributed by atoms with Gasteiger partial charge in [0, 0.05) is 22.3 Å². The first-order chi connectivity index (χ1) is 5.70. The van der Waals surface area contributed by atoms with Gasteiger partial charge in [0.2, 0.25) is 0 Å². The van der Waals surface area contributed by atoms with E-state index in [9.17, 15) is 4.79 Å². The van der Waals surface area contributed by atoms with E-state index in [1.807, 2.05) is 17.6 Å². The lowest BCUT2D eigenvalue weighted by Gasteiger charge is -2.05. The van der Waals surface area contributed by atoms with Gasteiger partial charge in [-0.1, -0.05) is 0 Å². The summed E-state index contributed by atoms with van der Waals surface area (Å²) in [5, 5.41) is 0. The van der Waals surface area contributed by atoms with Gasteiger partial charge in [-0.15, -0.1) is 0 Å². The molecule has 2 rings (SSSR count). The second-order valence-electron chi connectivity index (χ2n) is 3.18. The molecule has 0 spiro atoms. The molecule has 2 nitrogen and oxygen atoms in total. The highest BCUT2D eigenvalue weighted by Gasteiger charge is 2.15. The van der Waals surface area contributed by atoms with Gasteiger partial charge >= 0.3 is 0 Å². The van der Waals surface area contributed by atoms with E-state index in [1.165, 1.54) is 0 Å². The number of nitrogens with zero attached hydrogens (tertiary/aromatic N) is 1. The molecule has 0 atom stereocenters. The maximum atomic E-state index is 11.6. The average molecular weight is 228 g/mol. The van der Waals surface area contributed by atoms with Crippen molar-refractivity contribution in [1.82, 2.24) is 4.57 Å². The van der Waals surface area contributed by atoms with Gasteiger partial charge in [-0.25, -0.2) is 0 Å². The van der Waals surface area contributed by atoms with E-state index >= 15 is 0 Å². The third-order valence-corrected chi connectivity index (χ3v) is 3.01. The summed E-state index contributed by atoms with van der Waals surface area (Å²) < 4.78 is 2.96. The summed E-state index contributed by atoms with van der Waals surface area (Å²) in [7, 11) is 0. The molecule has 1 aromatic heterocycles. The molecule has 0 saturated carbocycles. The quantitative estimate of drug-likeness (QED) is 0.664. The number of hydrogen-bond acceptors (Lipinski definition) is 1. The highest BCUT2D eigenvalue weighted by Crippen LogP contribution is 2.22. The zero-order chi connectivity index (χ0) is 8.72. The van der Waals surface area contributed by atoms with Crippen LogP contribution in [-0.2, 0) is 13.0 Å². The molecule has 0 bridgehead atoms.